The normalized spacial score (nSPS) is 12.0. The van der Waals surface area contributed by atoms with Crippen molar-refractivity contribution in [3.05, 3.63) is 35.4 Å². The highest BCUT2D eigenvalue weighted by atomic mass is 16.4. The Labute approximate surface area is 158 Å². The second-order valence-electron chi connectivity index (χ2n) is 7.28. The fraction of sp³-hybridized carbons (Fsp3) is 0.474. The molecule has 0 heterocycles. The Kier molecular flexibility index (Phi) is 7.96. The van der Waals surface area contributed by atoms with E-state index in [0.29, 0.717) is 5.56 Å². The lowest BCUT2D eigenvalue weighted by Gasteiger charge is -2.22. The maximum absolute atomic E-state index is 12.1. The predicted octanol–water partition coefficient (Wildman–Crippen LogP) is 0.868. The Hall–Kier alpha value is -2.90. The van der Waals surface area contributed by atoms with E-state index in [2.05, 4.69) is 36.7 Å². The van der Waals surface area contributed by atoms with Gasteiger partial charge in [0.15, 0.2) is 0 Å². The maximum atomic E-state index is 12.1. The molecule has 0 aromatic heterocycles. The van der Waals surface area contributed by atoms with Crippen molar-refractivity contribution < 1.29 is 24.3 Å². The number of hydrogen-bond acceptors (Lipinski definition) is 4. The van der Waals surface area contributed by atoms with Crippen molar-refractivity contribution in [2.45, 2.75) is 45.6 Å². The predicted molar refractivity (Wildman–Crippen MR) is 100.0 cm³/mol. The van der Waals surface area contributed by atoms with E-state index in [1.165, 1.54) is 6.92 Å². The van der Waals surface area contributed by atoms with Gasteiger partial charge in [0.1, 0.15) is 0 Å². The van der Waals surface area contributed by atoms with Crippen LogP contribution < -0.4 is 16.0 Å². The summed E-state index contributed by atoms with van der Waals surface area (Å²) in [4.78, 5) is 45.5. The van der Waals surface area contributed by atoms with Gasteiger partial charge in [0.2, 0.25) is 17.7 Å². The second-order valence-corrected chi connectivity index (χ2v) is 7.28. The van der Waals surface area contributed by atoms with Gasteiger partial charge in [-0.3, -0.25) is 19.2 Å². The van der Waals surface area contributed by atoms with Crippen molar-refractivity contribution >= 4 is 23.7 Å². The molecule has 1 rings (SSSR count). The minimum atomic E-state index is -1.05. The highest BCUT2D eigenvalue weighted by molar-refractivity contribution is 5.88. The molecule has 8 nitrogen and oxygen atoms in total. The van der Waals surface area contributed by atoms with E-state index in [9.17, 15) is 19.2 Å². The molecule has 1 aromatic rings. The van der Waals surface area contributed by atoms with Crippen LogP contribution in [0, 0.1) is 0 Å². The first-order valence-electron chi connectivity index (χ1n) is 8.61. The topological polar surface area (TPSA) is 125 Å². The summed E-state index contributed by atoms with van der Waals surface area (Å²) in [5.41, 5.74) is 1.72. The highest BCUT2D eigenvalue weighted by Crippen LogP contribution is 2.25. The van der Waals surface area contributed by atoms with Crippen molar-refractivity contribution in [1.29, 1.82) is 0 Å². The molecule has 1 aromatic carbocycles. The van der Waals surface area contributed by atoms with Crippen molar-refractivity contribution in [1.82, 2.24) is 16.0 Å². The van der Waals surface area contributed by atoms with Crippen LogP contribution in [-0.2, 0) is 24.6 Å². The minimum absolute atomic E-state index is 0.0394. The first-order chi connectivity index (χ1) is 12.5. The van der Waals surface area contributed by atoms with E-state index in [0.717, 1.165) is 5.56 Å². The molecular formula is C19H27N3O5. The van der Waals surface area contributed by atoms with Gasteiger partial charge in [-0.15, -0.1) is 0 Å². The van der Waals surface area contributed by atoms with Crippen LogP contribution in [0.4, 0.5) is 0 Å². The number of benzene rings is 1. The Balaban J connectivity index is 2.71. The molecule has 148 valence electrons. The number of hydrogen-bond donors (Lipinski definition) is 4. The molecule has 27 heavy (non-hydrogen) atoms. The number of carboxylic acids is 1. The summed E-state index contributed by atoms with van der Waals surface area (Å²) in [5.74, 6) is -2.42. The van der Waals surface area contributed by atoms with Gasteiger partial charge in [-0.2, -0.15) is 0 Å². The van der Waals surface area contributed by atoms with Crippen LogP contribution >= 0.6 is 0 Å². The number of carbonyl (C=O) groups is 4. The average Bonchev–Trinajstić information content (AvgIpc) is 2.56. The smallest absolute Gasteiger partial charge is 0.305 e. The van der Waals surface area contributed by atoms with E-state index < -0.39 is 23.8 Å². The van der Waals surface area contributed by atoms with Crippen LogP contribution in [-0.4, -0.2) is 41.9 Å². The van der Waals surface area contributed by atoms with Gasteiger partial charge >= 0.3 is 5.97 Å². The SMILES string of the molecule is CC(=O)NCC(=O)NCC(=O)NC(CC(=O)O)c1ccc(C(C)(C)C)cc1. The number of rotatable bonds is 8. The second kappa shape index (κ2) is 9.70. The molecule has 0 radical (unpaired) electrons. The minimum Gasteiger partial charge on any atom is -0.481 e. The third-order valence-corrected chi connectivity index (χ3v) is 3.84. The van der Waals surface area contributed by atoms with E-state index in [-0.39, 0.29) is 30.8 Å². The highest BCUT2D eigenvalue weighted by Gasteiger charge is 2.20. The fourth-order valence-corrected chi connectivity index (χ4v) is 2.33. The zero-order valence-electron chi connectivity index (χ0n) is 16.1. The summed E-state index contributed by atoms with van der Waals surface area (Å²) >= 11 is 0. The molecule has 0 fully saturated rings. The Morgan fingerprint density at radius 3 is 2.00 bits per heavy atom. The first kappa shape index (κ1) is 22.1. The summed E-state index contributed by atoms with van der Waals surface area (Å²) in [7, 11) is 0. The van der Waals surface area contributed by atoms with Crippen LogP contribution in [0.2, 0.25) is 0 Å². The van der Waals surface area contributed by atoms with Gasteiger partial charge in [-0.05, 0) is 16.5 Å². The number of carbonyl (C=O) groups excluding carboxylic acids is 3. The van der Waals surface area contributed by atoms with Crippen molar-refractivity contribution in [2.24, 2.45) is 0 Å². The fourth-order valence-electron chi connectivity index (χ4n) is 2.33. The van der Waals surface area contributed by atoms with Gasteiger partial charge in [-0.25, -0.2) is 0 Å². The molecule has 4 N–H and O–H groups in total. The standard InChI is InChI=1S/C19H27N3O5/c1-12(23)20-10-16(24)21-11-17(25)22-15(9-18(26)27)13-5-7-14(8-6-13)19(2,3)4/h5-8,15H,9-11H2,1-4H3,(H,20,23)(H,21,24)(H,22,25)(H,26,27). The molecule has 0 saturated heterocycles. The quantitative estimate of drug-likeness (QED) is 0.535. The van der Waals surface area contributed by atoms with Gasteiger partial charge in [0.25, 0.3) is 0 Å². The van der Waals surface area contributed by atoms with Gasteiger partial charge in [0, 0.05) is 6.92 Å². The molecule has 1 atom stereocenters. The molecule has 1 unspecified atom stereocenters. The summed E-state index contributed by atoms with van der Waals surface area (Å²) in [6, 6.07) is 6.70. The molecule has 0 aliphatic carbocycles. The van der Waals surface area contributed by atoms with Crippen molar-refractivity contribution in [2.75, 3.05) is 13.1 Å². The first-order valence-corrected chi connectivity index (χ1v) is 8.61. The van der Waals surface area contributed by atoms with E-state index in [1.807, 2.05) is 12.1 Å². The Morgan fingerprint density at radius 1 is 0.963 bits per heavy atom. The summed E-state index contributed by atoms with van der Waals surface area (Å²) in [5, 5.41) is 16.4. The number of carboxylic acid groups (broad SMARTS) is 1. The molecule has 0 aliphatic heterocycles. The molecule has 0 aliphatic rings. The number of aliphatic carboxylic acids is 1. The van der Waals surface area contributed by atoms with Gasteiger partial charge in [0.05, 0.1) is 25.6 Å². The van der Waals surface area contributed by atoms with Crippen LogP contribution in [0.3, 0.4) is 0 Å². The van der Waals surface area contributed by atoms with Crippen LogP contribution in [0.1, 0.15) is 51.3 Å². The van der Waals surface area contributed by atoms with Crippen molar-refractivity contribution in [3.8, 4) is 0 Å². The number of nitrogens with one attached hydrogen (secondary N) is 3. The van der Waals surface area contributed by atoms with E-state index in [4.69, 9.17) is 5.11 Å². The average molecular weight is 377 g/mol. The summed E-state index contributed by atoms with van der Waals surface area (Å²) in [6.07, 6.45) is -0.277. The monoisotopic (exact) mass is 377 g/mol. The zero-order valence-corrected chi connectivity index (χ0v) is 16.1. The van der Waals surface area contributed by atoms with E-state index >= 15 is 0 Å². The molecule has 0 spiro atoms. The summed E-state index contributed by atoms with van der Waals surface area (Å²) in [6.45, 7) is 6.96. The van der Waals surface area contributed by atoms with Crippen molar-refractivity contribution in [3.63, 3.8) is 0 Å². The van der Waals surface area contributed by atoms with Gasteiger partial charge < -0.3 is 21.1 Å². The molecule has 0 bridgehead atoms. The van der Waals surface area contributed by atoms with E-state index in [1.54, 1.807) is 12.1 Å². The Morgan fingerprint density at radius 2 is 1.52 bits per heavy atom. The lowest BCUT2D eigenvalue weighted by molar-refractivity contribution is -0.138. The summed E-state index contributed by atoms with van der Waals surface area (Å²) < 4.78 is 0. The largest absolute Gasteiger partial charge is 0.481 e. The zero-order chi connectivity index (χ0) is 20.6. The van der Waals surface area contributed by atoms with Crippen LogP contribution in [0.15, 0.2) is 24.3 Å². The third kappa shape index (κ3) is 8.35. The lowest BCUT2D eigenvalue weighted by atomic mass is 9.86. The lowest BCUT2D eigenvalue weighted by Crippen LogP contribution is -2.42. The Bertz CT molecular complexity index is 692. The van der Waals surface area contributed by atoms with Gasteiger partial charge in [-0.1, -0.05) is 45.0 Å². The molecule has 8 heteroatoms. The van der Waals surface area contributed by atoms with Crippen LogP contribution in [0.5, 0.6) is 0 Å². The third-order valence-electron chi connectivity index (χ3n) is 3.84. The number of amides is 3. The molecule has 0 saturated carbocycles. The molecule has 3 amide bonds. The molecular weight excluding hydrogens is 350 g/mol. The maximum Gasteiger partial charge on any atom is 0.305 e. The van der Waals surface area contributed by atoms with Crippen LogP contribution in [0.25, 0.3) is 0 Å².